The van der Waals surface area contributed by atoms with Gasteiger partial charge in [0.05, 0.1) is 23.0 Å². The Balaban J connectivity index is 2.74. The third kappa shape index (κ3) is 2.74. The molecule has 0 unspecified atom stereocenters. The van der Waals surface area contributed by atoms with Gasteiger partial charge in [0.15, 0.2) is 6.10 Å². The molecule has 0 amide bonds. The molecule has 6 heteroatoms. The number of carbonyl (C=O) groups is 1. The van der Waals surface area contributed by atoms with E-state index in [1.807, 2.05) is 6.92 Å². The molecule has 16 heavy (non-hydrogen) atoms. The van der Waals surface area contributed by atoms with Crippen molar-refractivity contribution in [1.82, 2.24) is 9.78 Å². The minimum Gasteiger partial charge on any atom is -0.479 e. The number of aryl methyl sites for hydroxylation is 2. The fourth-order valence-corrected chi connectivity index (χ4v) is 1.60. The molecule has 90 valence electrons. The normalized spacial score (nSPS) is 12.8. The predicted molar refractivity (Wildman–Crippen MR) is 59.5 cm³/mol. The lowest BCUT2D eigenvalue weighted by Gasteiger charge is -2.08. The SMILES string of the molecule is CCc1nn(C)c(CO[C@H](C)C(=O)O)c1Cl. The first-order valence-electron chi connectivity index (χ1n) is 5.02. The van der Waals surface area contributed by atoms with Crippen molar-refractivity contribution in [3.05, 3.63) is 16.4 Å². The first-order valence-corrected chi connectivity index (χ1v) is 5.39. The second kappa shape index (κ2) is 5.32. The Hall–Kier alpha value is -1.07. The molecule has 0 bridgehead atoms. The number of carboxylic acids is 1. The van der Waals surface area contributed by atoms with Gasteiger partial charge in [0.1, 0.15) is 0 Å². The van der Waals surface area contributed by atoms with Gasteiger partial charge in [-0.3, -0.25) is 4.68 Å². The highest BCUT2D eigenvalue weighted by Crippen LogP contribution is 2.21. The zero-order chi connectivity index (χ0) is 12.3. The van der Waals surface area contributed by atoms with Gasteiger partial charge in [0, 0.05) is 7.05 Å². The second-order valence-electron chi connectivity index (χ2n) is 3.48. The highest BCUT2D eigenvalue weighted by molar-refractivity contribution is 6.31. The number of ether oxygens (including phenoxy) is 1. The van der Waals surface area contributed by atoms with Crippen LogP contribution in [0.4, 0.5) is 0 Å². The van der Waals surface area contributed by atoms with E-state index < -0.39 is 12.1 Å². The van der Waals surface area contributed by atoms with E-state index in [9.17, 15) is 4.79 Å². The van der Waals surface area contributed by atoms with Crippen LogP contribution in [0.15, 0.2) is 0 Å². The van der Waals surface area contributed by atoms with Gasteiger partial charge >= 0.3 is 5.97 Å². The summed E-state index contributed by atoms with van der Waals surface area (Å²) < 4.78 is 6.78. The fourth-order valence-electron chi connectivity index (χ4n) is 1.25. The van der Waals surface area contributed by atoms with Crippen LogP contribution in [0, 0.1) is 0 Å². The zero-order valence-electron chi connectivity index (χ0n) is 9.53. The number of aliphatic carboxylic acids is 1. The van der Waals surface area contributed by atoms with Crippen LogP contribution in [0.2, 0.25) is 5.02 Å². The summed E-state index contributed by atoms with van der Waals surface area (Å²) >= 11 is 6.08. The number of carboxylic acid groups (broad SMARTS) is 1. The minimum atomic E-state index is -0.992. The van der Waals surface area contributed by atoms with Gasteiger partial charge in [-0.25, -0.2) is 4.79 Å². The first kappa shape index (κ1) is 13.0. The molecule has 0 saturated carbocycles. The Morgan fingerprint density at radius 2 is 2.31 bits per heavy atom. The molecule has 0 aliphatic heterocycles. The third-order valence-corrected chi connectivity index (χ3v) is 2.76. The molecule has 1 atom stereocenters. The maximum Gasteiger partial charge on any atom is 0.332 e. The van der Waals surface area contributed by atoms with Crippen LogP contribution in [-0.2, 0) is 29.6 Å². The number of hydrogen-bond acceptors (Lipinski definition) is 3. The maximum absolute atomic E-state index is 10.6. The summed E-state index contributed by atoms with van der Waals surface area (Å²) in [5, 5.41) is 13.4. The van der Waals surface area contributed by atoms with Crippen molar-refractivity contribution < 1.29 is 14.6 Å². The Morgan fingerprint density at radius 3 is 2.75 bits per heavy atom. The molecule has 1 N–H and O–H groups in total. The van der Waals surface area contributed by atoms with Crippen LogP contribution < -0.4 is 0 Å². The topological polar surface area (TPSA) is 64.4 Å². The number of halogens is 1. The van der Waals surface area contributed by atoms with Gasteiger partial charge in [0.25, 0.3) is 0 Å². The molecule has 0 spiro atoms. The smallest absolute Gasteiger partial charge is 0.332 e. The molecule has 0 aliphatic rings. The fraction of sp³-hybridized carbons (Fsp3) is 0.600. The van der Waals surface area contributed by atoms with Crippen molar-refractivity contribution in [3.8, 4) is 0 Å². The van der Waals surface area contributed by atoms with E-state index in [2.05, 4.69) is 5.10 Å². The average Bonchev–Trinajstić information content (AvgIpc) is 2.51. The molecule has 0 aliphatic carbocycles. The average molecular weight is 247 g/mol. The standard InChI is InChI=1S/C10H15ClN2O3/c1-4-7-9(11)8(13(3)12-7)5-16-6(2)10(14)15/h6H,4-5H2,1-3H3,(H,14,15)/t6-/m1/s1. The summed E-state index contributed by atoms with van der Waals surface area (Å²) in [4.78, 5) is 10.6. The lowest BCUT2D eigenvalue weighted by Crippen LogP contribution is -2.20. The van der Waals surface area contributed by atoms with Crippen LogP contribution in [0.5, 0.6) is 0 Å². The van der Waals surface area contributed by atoms with Crippen LogP contribution in [-0.4, -0.2) is 27.0 Å². The number of rotatable bonds is 5. The van der Waals surface area contributed by atoms with E-state index in [0.717, 1.165) is 12.1 Å². The van der Waals surface area contributed by atoms with E-state index in [1.54, 1.807) is 11.7 Å². The summed E-state index contributed by atoms with van der Waals surface area (Å²) in [5.41, 5.74) is 1.50. The number of hydrogen-bond donors (Lipinski definition) is 1. The highest BCUT2D eigenvalue weighted by Gasteiger charge is 2.16. The third-order valence-electron chi connectivity index (χ3n) is 2.32. The molecule has 0 fully saturated rings. The molecule has 1 aromatic heterocycles. The largest absolute Gasteiger partial charge is 0.479 e. The highest BCUT2D eigenvalue weighted by atomic mass is 35.5. The van der Waals surface area contributed by atoms with E-state index in [0.29, 0.717) is 10.7 Å². The lowest BCUT2D eigenvalue weighted by atomic mass is 10.3. The first-order chi connectivity index (χ1) is 7.47. The van der Waals surface area contributed by atoms with Crippen molar-refractivity contribution in [2.45, 2.75) is 33.0 Å². The van der Waals surface area contributed by atoms with Crippen molar-refractivity contribution >= 4 is 17.6 Å². The van der Waals surface area contributed by atoms with Gasteiger partial charge in [0.2, 0.25) is 0 Å². The van der Waals surface area contributed by atoms with E-state index in [4.69, 9.17) is 21.4 Å². The molecule has 0 saturated heterocycles. The van der Waals surface area contributed by atoms with Crippen molar-refractivity contribution in [1.29, 1.82) is 0 Å². The molecule has 5 nitrogen and oxygen atoms in total. The van der Waals surface area contributed by atoms with E-state index >= 15 is 0 Å². The van der Waals surface area contributed by atoms with Gasteiger partial charge in [-0.15, -0.1) is 0 Å². The van der Waals surface area contributed by atoms with Crippen molar-refractivity contribution in [2.24, 2.45) is 7.05 Å². The molecule has 0 aromatic carbocycles. The van der Waals surface area contributed by atoms with Gasteiger partial charge in [-0.1, -0.05) is 18.5 Å². The maximum atomic E-state index is 10.6. The van der Waals surface area contributed by atoms with Gasteiger partial charge in [-0.05, 0) is 13.3 Å². The van der Waals surface area contributed by atoms with Crippen molar-refractivity contribution in [2.75, 3.05) is 0 Å². The molecular formula is C10H15ClN2O3. The van der Waals surface area contributed by atoms with Crippen LogP contribution in [0.1, 0.15) is 25.2 Å². The Labute approximate surface area is 99.0 Å². The summed E-state index contributed by atoms with van der Waals surface area (Å²) in [7, 11) is 1.76. The van der Waals surface area contributed by atoms with Gasteiger partial charge in [-0.2, -0.15) is 5.10 Å². The quantitative estimate of drug-likeness (QED) is 0.858. The molecular weight excluding hydrogens is 232 g/mol. The summed E-state index contributed by atoms with van der Waals surface area (Å²) in [6.07, 6.45) is -0.114. The van der Waals surface area contributed by atoms with E-state index in [-0.39, 0.29) is 6.61 Å². The number of nitrogens with zero attached hydrogens (tertiary/aromatic N) is 2. The van der Waals surface area contributed by atoms with Crippen molar-refractivity contribution in [3.63, 3.8) is 0 Å². The summed E-state index contributed by atoms with van der Waals surface area (Å²) in [6, 6.07) is 0. The second-order valence-corrected chi connectivity index (χ2v) is 3.85. The van der Waals surface area contributed by atoms with Crippen LogP contribution in [0.25, 0.3) is 0 Å². The molecule has 0 radical (unpaired) electrons. The van der Waals surface area contributed by atoms with Gasteiger partial charge < -0.3 is 9.84 Å². The monoisotopic (exact) mass is 246 g/mol. The minimum absolute atomic E-state index is 0.149. The molecule has 1 aromatic rings. The predicted octanol–water partition coefficient (Wildman–Crippen LogP) is 1.63. The molecule has 1 heterocycles. The van der Waals surface area contributed by atoms with Crippen LogP contribution >= 0.6 is 11.6 Å². The van der Waals surface area contributed by atoms with Crippen LogP contribution in [0.3, 0.4) is 0 Å². The molecule has 1 rings (SSSR count). The summed E-state index contributed by atoms with van der Waals surface area (Å²) in [6.45, 7) is 3.59. The van der Waals surface area contributed by atoms with E-state index in [1.165, 1.54) is 6.92 Å². The lowest BCUT2D eigenvalue weighted by molar-refractivity contribution is -0.150. The Kier molecular flexibility index (Phi) is 4.32. The summed E-state index contributed by atoms with van der Waals surface area (Å²) in [5.74, 6) is -0.992. The Bertz CT molecular complexity index is 390. The zero-order valence-corrected chi connectivity index (χ0v) is 10.3. The number of aromatic nitrogens is 2. The Morgan fingerprint density at radius 1 is 1.69 bits per heavy atom.